The first kappa shape index (κ1) is 21.0. The average Bonchev–Trinajstić information content (AvgIpc) is 2.49. The summed E-state index contributed by atoms with van der Waals surface area (Å²) >= 11 is 5.99. The van der Waals surface area contributed by atoms with Crippen LogP contribution in [0.25, 0.3) is 0 Å². The summed E-state index contributed by atoms with van der Waals surface area (Å²) in [6.45, 7) is 6.91. The van der Waals surface area contributed by atoms with Gasteiger partial charge in [-0.2, -0.15) is 0 Å². The maximum Gasteiger partial charge on any atom is 0.407 e. The highest BCUT2D eigenvalue weighted by molar-refractivity contribution is 6.31. The summed E-state index contributed by atoms with van der Waals surface area (Å²) < 4.78 is 18.1. The van der Waals surface area contributed by atoms with Crippen LogP contribution in [0.1, 0.15) is 26.3 Å². The Kier molecular flexibility index (Phi) is 8.48. The van der Waals surface area contributed by atoms with Gasteiger partial charge in [0, 0.05) is 31.7 Å². The largest absolute Gasteiger partial charge is 0.444 e. The number of halogens is 2. The molecule has 1 aromatic rings. The topological polar surface area (TPSA) is 74.8 Å². The van der Waals surface area contributed by atoms with Gasteiger partial charge >= 0.3 is 6.09 Å². The van der Waals surface area contributed by atoms with Gasteiger partial charge in [-0.15, -0.1) is 0 Å². The zero-order valence-corrected chi connectivity index (χ0v) is 15.8. The van der Waals surface area contributed by atoms with Crippen molar-refractivity contribution in [3.05, 3.63) is 34.6 Å². The van der Waals surface area contributed by atoms with Gasteiger partial charge in [0.2, 0.25) is 0 Å². The van der Waals surface area contributed by atoms with E-state index >= 15 is 0 Å². The molecular formula is C17H26ClFN4O2. The van der Waals surface area contributed by atoms with Crippen molar-refractivity contribution in [1.29, 1.82) is 0 Å². The van der Waals surface area contributed by atoms with Crippen molar-refractivity contribution in [2.45, 2.75) is 32.8 Å². The van der Waals surface area contributed by atoms with Crippen molar-refractivity contribution in [2.24, 2.45) is 4.99 Å². The van der Waals surface area contributed by atoms with Gasteiger partial charge < -0.3 is 20.7 Å². The highest BCUT2D eigenvalue weighted by atomic mass is 35.5. The van der Waals surface area contributed by atoms with Crippen molar-refractivity contribution in [2.75, 3.05) is 26.7 Å². The van der Waals surface area contributed by atoms with E-state index in [9.17, 15) is 9.18 Å². The fourth-order valence-corrected chi connectivity index (χ4v) is 2.18. The number of ether oxygens (including phenoxy) is 1. The smallest absolute Gasteiger partial charge is 0.407 e. The van der Waals surface area contributed by atoms with Crippen LogP contribution in [0.5, 0.6) is 0 Å². The number of aliphatic imine (C=N–C) groups is 1. The van der Waals surface area contributed by atoms with E-state index in [1.165, 1.54) is 12.1 Å². The Balaban J connectivity index is 2.25. The Morgan fingerprint density at radius 3 is 2.44 bits per heavy atom. The summed E-state index contributed by atoms with van der Waals surface area (Å²) in [5, 5.41) is 9.26. The molecule has 0 spiro atoms. The molecule has 1 rings (SSSR count). The summed E-state index contributed by atoms with van der Waals surface area (Å²) in [6, 6.07) is 4.35. The highest BCUT2D eigenvalue weighted by Crippen LogP contribution is 2.17. The second-order valence-corrected chi connectivity index (χ2v) is 6.75. The number of nitrogens with zero attached hydrogens (tertiary/aromatic N) is 1. The van der Waals surface area contributed by atoms with Gasteiger partial charge in [-0.05, 0) is 44.9 Å². The number of carbonyl (C=O) groups excluding carboxylic acids is 1. The van der Waals surface area contributed by atoms with Gasteiger partial charge in [0.1, 0.15) is 11.4 Å². The molecule has 140 valence electrons. The predicted octanol–water partition coefficient (Wildman–Crippen LogP) is 2.71. The van der Waals surface area contributed by atoms with E-state index in [-0.39, 0.29) is 5.82 Å². The first-order valence-corrected chi connectivity index (χ1v) is 8.44. The SMILES string of the molecule is CN=C(NCCNC(=O)OC(C)(C)C)NCCc1ccc(F)cc1Cl. The minimum absolute atomic E-state index is 0.350. The minimum atomic E-state index is -0.517. The Labute approximate surface area is 153 Å². The summed E-state index contributed by atoms with van der Waals surface area (Å²) in [6.07, 6.45) is 0.180. The third-order valence-electron chi connectivity index (χ3n) is 3.01. The lowest BCUT2D eigenvalue weighted by Crippen LogP contribution is -2.43. The summed E-state index contributed by atoms with van der Waals surface area (Å²) in [4.78, 5) is 15.6. The monoisotopic (exact) mass is 372 g/mol. The van der Waals surface area contributed by atoms with E-state index in [0.717, 1.165) is 5.56 Å². The van der Waals surface area contributed by atoms with E-state index in [0.29, 0.717) is 37.0 Å². The van der Waals surface area contributed by atoms with Crippen LogP contribution in [-0.2, 0) is 11.2 Å². The van der Waals surface area contributed by atoms with E-state index in [1.807, 2.05) is 20.8 Å². The molecular weight excluding hydrogens is 347 g/mol. The number of alkyl carbamates (subject to hydrolysis) is 1. The average molecular weight is 373 g/mol. The molecule has 0 radical (unpaired) electrons. The van der Waals surface area contributed by atoms with Crippen LogP contribution in [-0.4, -0.2) is 44.3 Å². The van der Waals surface area contributed by atoms with Gasteiger partial charge in [0.25, 0.3) is 0 Å². The van der Waals surface area contributed by atoms with Crippen molar-refractivity contribution in [1.82, 2.24) is 16.0 Å². The van der Waals surface area contributed by atoms with E-state index in [2.05, 4.69) is 20.9 Å². The molecule has 0 saturated heterocycles. The zero-order valence-electron chi connectivity index (χ0n) is 15.1. The third kappa shape index (κ3) is 9.14. The lowest BCUT2D eigenvalue weighted by Gasteiger charge is -2.20. The molecule has 1 aromatic carbocycles. The summed E-state index contributed by atoms with van der Waals surface area (Å²) in [5.41, 5.74) is 0.342. The van der Waals surface area contributed by atoms with Gasteiger partial charge in [0.15, 0.2) is 5.96 Å². The number of carbonyl (C=O) groups is 1. The number of benzene rings is 1. The molecule has 1 amide bonds. The molecule has 0 fully saturated rings. The first-order valence-electron chi connectivity index (χ1n) is 8.06. The fraction of sp³-hybridized carbons (Fsp3) is 0.529. The van der Waals surface area contributed by atoms with E-state index in [1.54, 1.807) is 13.1 Å². The van der Waals surface area contributed by atoms with Crippen LogP contribution in [0.15, 0.2) is 23.2 Å². The van der Waals surface area contributed by atoms with Gasteiger partial charge in [-0.3, -0.25) is 4.99 Å². The van der Waals surface area contributed by atoms with Crippen LogP contribution < -0.4 is 16.0 Å². The number of guanidine groups is 1. The summed E-state index contributed by atoms with van der Waals surface area (Å²) in [5.74, 6) is 0.251. The van der Waals surface area contributed by atoms with Crippen molar-refractivity contribution in [3.8, 4) is 0 Å². The normalized spacial score (nSPS) is 11.8. The van der Waals surface area contributed by atoms with E-state index < -0.39 is 11.7 Å². The van der Waals surface area contributed by atoms with E-state index in [4.69, 9.17) is 16.3 Å². The lowest BCUT2D eigenvalue weighted by atomic mass is 10.1. The molecule has 0 aliphatic carbocycles. The lowest BCUT2D eigenvalue weighted by molar-refractivity contribution is 0.0529. The standard InChI is InChI=1S/C17H26ClFN4O2/c1-17(2,3)25-16(24)23-10-9-22-15(20-4)21-8-7-12-5-6-13(19)11-14(12)18/h5-6,11H,7-10H2,1-4H3,(H,23,24)(H2,20,21,22). The molecule has 0 aliphatic rings. The van der Waals surface area contributed by atoms with Crippen LogP contribution in [0, 0.1) is 5.82 Å². The molecule has 0 atom stereocenters. The quantitative estimate of drug-likeness (QED) is 0.408. The second-order valence-electron chi connectivity index (χ2n) is 6.34. The Hall–Kier alpha value is -2.02. The van der Waals surface area contributed by atoms with Crippen LogP contribution in [0.2, 0.25) is 5.02 Å². The number of rotatable bonds is 6. The Morgan fingerprint density at radius 1 is 1.20 bits per heavy atom. The maximum atomic E-state index is 13.0. The van der Waals surface area contributed by atoms with Crippen molar-refractivity contribution in [3.63, 3.8) is 0 Å². The minimum Gasteiger partial charge on any atom is -0.444 e. The predicted molar refractivity (Wildman–Crippen MR) is 98.7 cm³/mol. The van der Waals surface area contributed by atoms with Gasteiger partial charge in [0.05, 0.1) is 0 Å². The van der Waals surface area contributed by atoms with Crippen LogP contribution in [0.3, 0.4) is 0 Å². The Bertz CT molecular complexity index is 603. The van der Waals surface area contributed by atoms with Crippen LogP contribution >= 0.6 is 11.6 Å². The van der Waals surface area contributed by atoms with Crippen molar-refractivity contribution >= 4 is 23.7 Å². The molecule has 0 unspecified atom stereocenters. The van der Waals surface area contributed by atoms with Crippen LogP contribution in [0.4, 0.5) is 9.18 Å². The first-order chi connectivity index (χ1) is 11.7. The second kappa shape index (κ2) is 10.1. The van der Waals surface area contributed by atoms with Gasteiger partial charge in [-0.25, -0.2) is 9.18 Å². The third-order valence-corrected chi connectivity index (χ3v) is 3.36. The molecule has 3 N–H and O–H groups in total. The Morgan fingerprint density at radius 2 is 1.84 bits per heavy atom. The molecule has 0 saturated carbocycles. The molecule has 0 heterocycles. The summed E-state index contributed by atoms with van der Waals surface area (Å²) in [7, 11) is 1.65. The number of nitrogens with one attached hydrogen (secondary N) is 3. The molecule has 0 bridgehead atoms. The molecule has 6 nitrogen and oxygen atoms in total. The number of hydrogen-bond donors (Lipinski definition) is 3. The van der Waals surface area contributed by atoms with Gasteiger partial charge in [-0.1, -0.05) is 17.7 Å². The highest BCUT2D eigenvalue weighted by Gasteiger charge is 2.15. The maximum absolute atomic E-state index is 13.0. The molecule has 0 aromatic heterocycles. The molecule has 8 heteroatoms. The molecule has 25 heavy (non-hydrogen) atoms. The zero-order chi connectivity index (χ0) is 18.9. The van der Waals surface area contributed by atoms with Crippen molar-refractivity contribution < 1.29 is 13.9 Å². The number of hydrogen-bond acceptors (Lipinski definition) is 3. The fourth-order valence-electron chi connectivity index (χ4n) is 1.92. The molecule has 0 aliphatic heterocycles. The number of amides is 1.